The molecule has 0 N–H and O–H groups in total. The highest BCUT2D eigenvalue weighted by Gasteiger charge is 2.38. The van der Waals surface area contributed by atoms with Crippen LogP contribution in [0.3, 0.4) is 0 Å². The van der Waals surface area contributed by atoms with Crippen LogP contribution in [0, 0.1) is 10.1 Å². The number of allylic oxidation sites excluding steroid dienone is 1. The molecular formula is C19H14F6N2O3. The first kappa shape index (κ1) is 22.9. The van der Waals surface area contributed by atoms with Gasteiger partial charge in [0, 0.05) is 17.7 Å². The maximum Gasteiger partial charge on any atom is 0.417 e. The molecule has 0 heterocycles. The van der Waals surface area contributed by atoms with Crippen molar-refractivity contribution in [1.82, 2.24) is 4.90 Å². The van der Waals surface area contributed by atoms with Crippen LogP contribution in [0.5, 0.6) is 0 Å². The summed E-state index contributed by atoms with van der Waals surface area (Å²) in [5.74, 6) is -1.58. The number of hydrogen-bond donors (Lipinski definition) is 0. The van der Waals surface area contributed by atoms with Crippen molar-refractivity contribution in [3.8, 4) is 0 Å². The molecule has 1 amide bonds. The minimum Gasteiger partial charge on any atom is -0.325 e. The predicted octanol–water partition coefficient (Wildman–Crippen LogP) is 5.13. The molecule has 2 aromatic carbocycles. The van der Waals surface area contributed by atoms with E-state index in [4.69, 9.17) is 0 Å². The van der Waals surface area contributed by atoms with E-state index in [0.29, 0.717) is 0 Å². The average molecular weight is 432 g/mol. The molecule has 0 bridgehead atoms. The highest BCUT2D eigenvalue weighted by molar-refractivity contribution is 5.96. The van der Waals surface area contributed by atoms with Gasteiger partial charge in [-0.1, -0.05) is 48.5 Å². The lowest BCUT2D eigenvalue weighted by atomic mass is 10.0. The molecular weight excluding hydrogens is 418 g/mol. The van der Waals surface area contributed by atoms with Gasteiger partial charge < -0.3 is 4.90 Å². The van der Waals surface area contributed by atoms with Gasteiger partial charge in [-0.15, -0.1) is 0 Å². The van der Waals surface area contributed by atoms with Gasteiger partial charge in [-0.05, 0) is 5.56 Å². The van der Waals surface area contributed by atoms with Crippen LogP contribution in [0.2, 0.25) is 0 Å². The summed E-state index contributed by atoms with van der Waals surface area (Å²) >= 11 is 0. The van der Waals surface area contributed by atoms with Gasteiger partial charge in [-0.2, -0.15) is 26.3 Å². The first-order valence-electron chi connectivity index (χ1n) is 8.31. The Balaban J connectivity index is 2.47. The highest BCUT2D eigenvalue weighted by Crippen LogP contribution is 2.34. The lowest BCUT2D eigenvalue weighted by molar-refractivity contribution is -0.385. The number of amides is 1. The van der Waals surface area contributed by atoms with E-state index < -0.39 is 53.1 Å². The Kier molecular flexibility index (Phi) is 6.85. The van der Waals surface area contributed by atoms with E-state index in [1.165, 1.54) is 30.3 Å². The smallest absolute Gasteiger partial charge is 0.325 e. The molecule has 2 rings (SSSR count). The third-order valence-electron chi connectivity index (χ3n) is 3.89. The van der Waals surface area contributed by atoms with Gasteiger partial charge in [0.1, 0.15) is 6.54 Å². The van der Waals surface area contributed by atoms with Crippen molar-refractivity contribution in [1.29, 1.82) is 0 Å². The Bertz CT molecular complexity index is 939. The molecule has 0 aliphatic carbocycles. The molecule has 0 unspecified atom stereocenters. The van der Waals surface area contributed by atoms with Crippen LogP contribution in [0.1, 0.15) is 11.1 Å². The normalized spacial score (nSPS) is 12.5. The SMILES string of the molecule is O=C(/C=C(/c1ccccc1)C(F)(F)F)N(Cc1ccccc1[N+](=O)[O-])CC(F)(F)F. The first-order chi connectivity index (χ1) is 13.9. The van der Waals surface area contributed by atoms with Crippen molar-refractivity contribution in [3.63, 3.8) is 0 Å². The summed E-state index contributed by atoms with van der Waals surface area (Å²) < 4.78 is 79.1. The van der Waals surface area contributed by atoms with Crippen LogP contribution in [0.15, 0.2) is 60.7 Å². The molecule has 160 valence electrons. The zero-order valence-corrected chi connectivity index (χ0v) is 15.1. The van der Waals surface area contributed by atoms with Gasteiger partial charge in [0.25, 0.3) is 5.69 Å². The van der Waals surface area contributed by atoms with E-state index >= 15 is 0 Å². The van der Waals surface area contributed by atoms with Crippen molar-refractivity contribution in [3.05, 3.63) is 81.9 Å². The Hall–Kier alpha value is -3.37. The van der Waals surface area contributed by atoms with E-state index in [9.17, 15) is 41.3 Å². The molecule has 0 spiro atoms. The summed E-state index contributed by atoms with van der Waals surface area (Å²) in [6, 6.07) is 10.8. The maximum atomic E-state index is 13.4. The number of nitrogens with zero attached hydrogens (tertiary/aromatic N) is 2. The van der Waals surface area contributed by atoms with Crippen LogP contribution < -0.4 is 0 Å². The molecule has 0 fully saturated rings. The fraction of sp³-hybridized carbons (Fsp3) is 0.211. The predicted molar refractivity (Wildman–Crippen MR) is 95.0 cm³/mol. The molecule has 11 heteroatoms. The van der Waals surface area contributed by atoms with E-state index in [-0.39, 0.29) is 16.5 Å². The number of para-hydroxylation sites is 1. The standard InChI is InChI=1S/C19H14F6N2O3/c20-18(21,22)12-26(11-14-8-4-5-9-16(14)27(29)30)17(28)10-15(19(23,24)25)13-6-2-1-3-7-13/h1-10H,11-12H2/b15-10-. The van der Waals surface area contributed by atoms with Crippen LogP contribution in [0.4, 0.5) is 32.0 Å². The van der Waals surface area contributed by atoms with Crippen molar-refractivity contribution >= 4 is 17.2 Å². The fourth-order valence-corrected chi connectivity index (χ4v) is 2.62. The Labute approximate surface area is 166 Å². The van der Waals surface area contributed by atoms with E-state index in [0.717, 1.165) is 24.3 Å². The number of benzene rings is 2. The lowest BCUT2D eigenvalue weighted by Gasteiger charge is -2.23. The van der Waals surface area contributed by atoms with Gasteiger partial charge in [0.05, 0.1) is 17.0 Å². The first-order valence-corrected chi connectivity index (χ1v) is 8.31. The van der Waals surface area contributed by atoms with Gasteiger partial charge >= 0.3 is 12.4 Å². The summed E-state index contributed by atoms with van der Waals surface area (Å²) in [6.45, 7) is -2.78. The lowest BCUT2D eigenvalue weighted by Crippen LogP contribution is -2.38. The zero-order chi connectivity index (χ0) is 22.5. The van der Waals surface area contributed by atoms with Gasteiger partial charge in [-0.25, -0.2) is 0 Å². The van der Waals surface area contributed by atoms with Crippen molar-refractivity contribution in [2.75, 3.05) is 6.54 Å². The highest BCUT2D eigenvalue weighted by atomic mass is 19.4. The van der Waals surface area contributed by atoms with Crippen LogP contribution in [-0.2, 0) is 11.3 Å². The monoisotopic (exact) mass is 432 g/mol. The van der Waals surface area contributed by atoms with Gasteiger partial charge in [0.2, 0.25) is 5.91 Å². The number of nitro groups is 1. The zero-order valence-electron chi connectivity index (χ0n) is 15.1. The van der Waals surface area contributed by atoms with E-state index in [1.54, 1.807) is 0 Å². The van der Waals surface area contributed by atoms with Crippen molar-refractivity contribution in [2.24, 2.45) is 0 Å². The second-order valence-electron chi connectivity index (χ2n) is 6.12. The molecule has 5 nitrogen and oxygen atoms in total. The van der Waals surface area contributed by atoms with E-state index in [1.807, 2.05) is 0 Å². The largest absolute Gasteiger partial charge is 0.417 e. The van der Waals surface area contributed by atoms with Crippen LogP contribution in [-0.4, -0.2) is 34.6 Å². The number of nitro benzene ring substituents is 1. The third-order valence-corrected chi connectivity index (χ3v) is 3.89. The second-order valence-corrected chi connectivity index (χ2v) is 6.12. The minimum absolute atomic E-state index is 0.0653. The molecule has 2 aromatic rings. The Morgan fingerprint density at radius 3 is 2.07 bits per heavy atom. The molecule has 0 saturated heterocycles. The molecule has 0 aromatic heterocycles. The minimum atomic E-state index is -5.01. The van der Waals surface area contributed by atoms with Gasteiger partial charge in [-0.3, -0.25) is 14.9 Å². The summed E-state index contributed by atoms with van der Waals surface area (Å²) in [4.78, 5) is 22.7. The molecule has 0 radical (unpaired) electrons. The number of carbonyl (C=O) groups excluding carboxylic acids is 1. The molecule has 0 aliphatic heterocycles. The van der Waals surface area contributed by atoms with Crippen LogP contribution in [0.25, 0.3) is 5.57 Å². The third kappa shape index (κ3) is 6.33. The fourth-order valence-electron chi connectivity index (χ4n) is 2.62. The quantitative estimate of drug-likeness (QED) is 0.275. The Morgan fingerprint density at radius 2 is 1.53 bits per heavy atom. The maximum absolute atomic E-state index is 13.4. The Morgan fingerprint density at radius 1 is 0.967 bits per heavy atom. The number of hydrogen-bond acceptors (Lipinski definition) is 3. The number of alkyl halides is 6. The summed E-state index contributed by atoms with van der Waals surface area (Å²) in [7, 11) is 0. The topological polar surface area (TPSA) is 63.5 Å². The number of rotatable bonds is 6. The number of carbonyl (C=O) groups is 1. The molecule has 30 heavy (non-hydrogen) atoms. The summed E-state index contributed by atoms with van der Waals surface area (Å²) in [5.41, 5.74) is -2.64. The van der Waals surface area contributed by atoms with E-state index in [2.05, 4.69) is 0 Å². The van der Waals surface area contributed by atoms with Gasteiger partial charge in [0.15, 0.2) is 0 Å². The van der Waals surface area contributed by atoms with Crippen LogP contribution >= 0.6 is 0 Å². The molecule has 0 aliphatic rings. The van der Waals surface area contributed by atoms with Crippen molar-refractivity contribution in [2.45, 2.75) is 18.9 Å². The number of halogens is 6. The average Bonchev–Trinajstić information content (AvgIpc) is 2.64. The summed E-state index contributed by atoms with van der Waals surface area (Å²) in [6.07, 6.45) is -9.88. The summed E-state index contributed by atoms with van der Waals surface area (Å²) in [5, 5.41) is 11.1. The molecule has 0 atom stereocenters. The van der Waals surface area contributed by atoms with Crippen molar-refractivity contribution < 1.29 is 36.1 Å². The second kappa shape index (κ2) is 8.97. The molecule has 0 saturated carbocycles.